The fourth-order valence-corrected chi connectivity index (χ4v) is 3.15. The van der Waals surface area contributed by atoms with Gasteiger partial charge in [0.2, 0.25) is 0 Å². The molecule has 0 aliphatic heterocycles. The maximum atomic E-state index is 5.94. The lowest BCUT2D eigenvalue weighted by molar-refractivity contribution is 0.336. The summed E-state index contributed by atoms with van der Waals surface area (Å²) in [6, 6.07) is 24.1. The average molecular weight is 377 g/mol. The van der Waals surface area contributed by atoms with Crippen LogP contribution < -0.4 is 19.1 Å². The van der Waals surface area contributed by atoms with E-state index in [0.29, 0.717) is 19.8 Å². The largest absolute Gasteiger partial charge is 0.492 e. The summed E-state index contributed by atoms with van der Waals surface area (Å²) in [4.78, 5) is 2.14. The molecule has 4 nitrogen and oxygen atoms in total. The number of benzene rings is 3. The zero-order chi connectivity index (χ0) is 19.8. The van der Waals surface area contributed by atoms with Gasteiger partial charge in [0.15, 0.2) is 0 Å². The molecule has 0 aliphatic carbocycles. The van der Waals surface area contributed by atoms with Crippen LogP contribution in [-0.4, -0.2) is 19.8 Å². The van der Waals surface area contributed by atoms with E-state index in [1.807, 2.05) is 75.4 Å². The molecule has 0 N–H and O–H groups in total. The number of rotatable bonds is 9. The zero-order valence-corrected chi connectivity index (χ0v) is 16.7. The van der Waals surface area contributed by atoms with Gasteiger partial charge in [0, 0.05) is 0 Å². The van der Waals surface area contributed by atoms with Crippen LogP contribution in [0.15, 0.2) is 72.8 Å². The summed E-state index contributed by atoms with van der Waals surface area (Å²) >= 11 is 0. The Hall–Kier alpha value is -3.14. The van der Waals surface area contributed by atoms with Crippen molar-refractivity contribution in [1.82, 2.24) is 0 Å². The predicted octanol–water partition coefficient (Wildman–Crippen LogP) is 6.35. The van der Waals surface area contributed by atoms with Crippen LogP contribution in [0.1, 0.15) is 20.8 Å². The van der Waals surface area contributed by atoms with Gasteiger partial charge in [-0.3, -0.25) is 4.90 Å². The Morgan fingerprint density at radius 3 is 1.07 bits per heavy atom. The molecule has 0 fully saturated rings. The van der Waals surface area contributed by atoms with Gasteiger partial charge in [-0.05, 0) is 57.2 Å². The van der Waals surface area contributed by atoms with Gasteiger partial charge in [0.25, 0.3) is 0 Å². The van der Waals surface area contributed by atoms with Gasteiger partial charge in [-0.1, -0.05) is 36.4 Å². The first-order chi connectivity index (χ1) is 13.8. The number of hydrogen-bond acceptors (Lipinski definition) is 4. The van der Waals surface area contributed by atoms with Gasteiger partial charge >= 0.3 is 0 Å². The molecule has 0 saturated carbocycles. The number of hydrogen-bond donors (Lipinski definition) is 0. The van der Waals surface area contributed by atoms with Crippen LogP contribution in [0.2, 0.25) is 0 Å². The molecule has 146 valence electrons. The minimum atomic E-state index is 0.588. The van der Waals surface area contributed by atoms with Crippen LogP contribution in [0.3, 0.4) is 0 Å². The molecule has 0 aromatic heterocycles. The van der Waals surface area contributed by atoms with E-state index in [1.54, 1.807) is 0 Å². The Balaban J connectivity index is 2.25. The third-order valence-electron chi connectivity index (χ3n) is 4.22. The van der Waals surface area contributed by atoms with Crippen LogP contribution in [0.5, 0.6) is 17.2 Å². The molecule has 4 heteroatoms. The third kappa shape index (κ3) is 4.22. The molecule has 0 atom stereocenters. The normalized spacial score (nSPS) is 10.4. The lowest BCUT2D eigenvalue weighted by atomic mass is 10.1. The SMILES string of the molecule is CCOc1ccccc1N(c1ccccc1OCC)c1ccccc1OCC. The van der Waals surface area contributed by atoms with E-state index >= 15 is 0 Å². The lowest BCUT2D eigenvalue weighted by Crippen LogP contribution is -2.14. The molecule has 3 aromatic rings. The highest BCUT2D eigenvalue weighted by molar-refractivity contribution is 5.85. The standard InChI is InChI=1S/C24H27NO3/c1-4-26-22-16-10-7-13-19(22)25(20-14-8-11-17-23(20)27-5-2)21-15-9-12-18-24(21)28-6-3/h7-18H,4-6H2,1-3H3. The summed E-state index contributed by atoms with van der Waals surface area (Å²) in [6.07, 6.45) is 0. The van der Waals surface area contributed by atoms with Crippen molar-refractivity contribution in [2.24, 2.45) is 0 Å². The number of ether oxygens (including phenoxy) is 3. The van der Waals surface area contributed by atoms with Crippen LogP contribution in [0.25, 0.3) is 0 Å². The first-order valence-electron chi connectivity index (χ1n) is 9.75. The molecule has 0 aliphatic rings. The molecule has 3 aromatic carbocycles. The van der Waals surface area contributed by atoms with Crippen molar-refractivity contribution in [3.05, 3.63) is 72.8 Å². The predicted molar refractivity (Wildman–Crippen MR) is 115 cm³/mol. The average Bonchev–Trinajstić information content (AvgIpc) is 2.72. The van der Waals surface area contributed by atoms with Crippen LogP contribution in [0.4, 0.5) is 17.1 Å². The van der Waals surface area contributed by atoms with Crippen molar-refractivity contribution in [3.63, 3.8) is 0 Å². The molecule has 0 radical (unpaired) electrons. The van der Waals surface area contributed by atoms with Gasteiger partial charge in [-0.2, -0.15) is 0 Å². The Kier molecular flexibility index (Phi) is 6.79. The van der Waals surface area contributed by atoms with Crippen LogP contribution in [-0.2, 0) is 0 Å². The van der Waals surface area contributed by atoms with Crippen molar-refractivity contribution in [2.45, 2.75) is 20.8 Å². The van der Waals surface area contributed by atoms with Gasteiger partial charge in [0.05, 0.1) is 36.9 Å². The fourth-order valence-electron chi connectivity index (χ4n) is 3.15. The Morgan fingerprint density at radius 1 is 0.500 bits per heavy atom. The smallest absolute Gasteiger partial charge is 0.143 e. The Morgan fingerprint density at radius 2 is 0.786 bits per heavy atom. The molecule has 0 spiro atoms. The number of para-hydroxylation sites is 6. The van der Waals surface area contributed by atoms with Crippen LogP contribution in [0, 0.1) is 0 Å². The molecular weight excluding hydrogens is 350 g/mol. The van der Waals surface area contributed by atoms with Crippen molar-refractivity contribution in [2.75, 3.05) is 24.7 Å². The molecule has 0 saturated heterocycles. The van der Waals surface area contributed by atoms with Crippen molar-refractivity contribution >= 4 is 17.1 Å². The number of nitrogens with zero attached hydrogens (tertiary/aromatic N) is 1. The molecular formula is C24H27NO3. The van der Waals surface area contributed by atoms with Crippen molar-refractivity contribution < 1.29 is 14.2 Å². The molecule has 0 amide bonds. The second kappa shape index (κ2) is 9.70. The molecule has 0 unspecified atom stereocenters. The Bertz CT molecular complexity index is 777. The zero-order valence-electron chi connectivity index (χ0n) is 16.7. The maximum absolute atomic E-state index is 5.94. The summed E-state index contributed by atoms with van der Waals surface area (Å²) in [7, 11) is 0. The third-order valence-corrected chi connectivity index (χ3v) is 4.22. The van der Waals surface area contributed by atoms with E-state index in [0.717, 1.165) is 34.3 Å². The van der Waals surface area contributed by atoms with E-state index in [2.05, 4.69) is 23.1 Å². The van der Waals surface area contributed by atoms with E-state index < -0.39 is 0 Å². The molecule has 0 bridgehead atoms. The quantitative estimate of drug-likeness (QED) is 0.434. The first-order valence-corrected chi connectivity index (χ1v) is 9.75. The summed E-state index contributed by atoms with van der Waals surface area (Å²) in [5.74, 6) is 2.42. The van der Waals surface area contributed by atoms with E-state index in [4.69, 9.17) is 14.2 Å². The first kappa shape index (κ1) is 19.6. The monoisotopic (exact) mass is 377 g/mol. The summed E-state index contributed by atoms with van der Waals surface area (Å²) < 4.78 is 17.8. The topological polar surface area (TPSA) is 30.9 Å². The maximum Gasteiger partial charge on any atom is 0.143 e. The van der Waals surface area contributed by atoms with Gasteiger partial charge in [-0.15, -0.1) is 0 Å². The second-order valence-electron chi connectivity index (χ2n) is 6.04. The van der Waals surface area contributed by atoms with Gasteiger partial charge in [-0.25, -0.2) is 0 Å². The summed E-state index contributed by atoms with van der Waals surface area (Å²) in [6.45, 7) is 7.73. The minimum Gasteiger partial charge on any atom is -0.492 e. The molecule has 3 rings (SSSR count). The highest BCUT2D eigenvalue weighted by atomic mass is 16.5. The summed E-state index contributed by atoms with van der Waals surface area (Å²) in [5.41, 5.74) is 2.80. The van der Waals surface area contributed by atoms with Crippen molar-refractivity contribution in [3.8, 4) is 17.2 Å². The number of anilines is 3. The van der Waals surface area contributed by atoms with Crippen molar-refractivity contribution in [1.29, 1.82) is 0 Å². The summed E-state index contributed by atoms with van der Waals surface area (Å²) in [5, 5.41) is 0. The van der Waals surface area contributed by atoms with E-state index in [-0.39, 0.29) is 0 Å². The fraction of sp³-hybridized carbons (Fsp3) is 0.250. The molecule has 0 heterocycles. The molecule has 28 heavy (non-hydrogen) atoms. The van der Waals surface area contributed by atoms with Gasteiger partial charge < -0.3 is 14.2 Å². The highest BCUT2D eigenvalue weighted by Gasteiger charge is 2.22. The Labute approximate surface area is 167 Å². The minimum absolute atomic E-state index is 0.588. The van der Waals surface area contributed by atoms with Gasteiger partial charge in [0.1, 0.15) is 17.2 Å². The van der Waals surface area contributed by atoms with E-state index in [1.165, 1.54) is 0 Å². The van der Waals surface area contributed by atoms with Crippen LogP contribution >= 0.6 is 0 Å². The lowest BCUT2D eigenvalue weighted by Gasteiger charge is -2.30. The van der Waals surface area contributed by atoms with E-state index in [9.17, 15) is 0 Å². The second-order valence-corrected chi connectivity index (χ2v) is 6.04. The highest BCUT2D eigenvalue weighted by Crippen LogP contribution is 2.46.